The number of hydrogen-bond donors (Lipinski definition) is 1. The van der Waals surface area contributed by atoms with E-state index in [4.69, 9.17) is 0 Å². The van der Waals surface area contributed by atoms with Gasteiger partial charge in [-0.05, 0) is 32.6 Å². The highest BCUT2D eigenvalue weighted by molar-refractivity contribution is 4.88. The molecule has 5 heteroatoms. The van der Waals surface area contributed by atoms with Crippen molar-refractivity contribution in [3.63, 3.8) is 0 Å². The van der Waals surface area contributed by atoms with Crippen LogP contribution in [-0.2, 0) is 0 Å². The normalized spacial score (nSPS) is 18.1. The van der Waals surface area contributed by atoms with Crippen molar-refractivity contribution in [3.8, 4) is 0 Å². The second-order valence-electron chi connectivity index (χ2n) is 3.87. The molecule has 1 fully saturated rings. The minimum Gasteiger partial charge on any atom is -0.305 e. The summed E-state index contributed by atoms with van der Waals surface area (Å²) in [6.45, 7) is 3.61. The Balaban J connectivity index is 2.50. The van der Waals surface area contributed by atoms with E-state index >= 15 is 0 Å². The van der Waals surface area contributed by atoms with Crippen LogP contribution in [0.1, 0.15) is 31.6 Å². The SMILES string of the molecule is Cc1nn(C(C)C2CC2)c(=O)c(=O)[nH]1. The van der Waals surface area contributed by atoms with E-state index in [-0.39, 0.29) is 6.04 Å². The van der Waals surface area contributed by atoms with Gasteiger partial charge in [0.1, 0.15) is 5.82 Å². The number of hydrogen-bond acceptors (Lipinski definition) is 3. The zero-order valence-corrected chi connectivity index (χ0v) is 8.28. The van der Waals surface area contributed by atoms with Crippen LogP contribution in [0.3, 0.4) is 0 Å². The third-order valence-corrected chi connectivity index (χ3v) is 2.64. The van der Waals surface area contributed by atoms with Crippen LogP contribution in [0.5, 0.6) is 0 Å². The molecule has 2 rings (SSSR count). The molecule has 5 nitrogen and oxygen atoms in total. The first-order valence-corrected chi connectivity index (χ1v) is 4.79. The van der Waals surface area contributed by atoms with Crippen molar-refractivity contribution in [3.05, 3.63) is 26.5 Å². The molecule has 0 spiro atoms. The number of aromatic nitrogens is 3. The standard InChI is InChI=1S/C9H13N3O2/c1-5(7-3-4-7)12-9(14)8(13)10-6(2)11-12/h5,7H,3-4H2,1-2H3,(H,10,11,13). The fraction of sp³-hybridized carbons (Fsp3) is 0.667. The van der Waals surface area contributed by atoms with Crippen LogP contribution in [0.25, 0.3) is 0 Å². The molecule has 0 aliphatic heterocycles. The summed E-state index contributed by atoms with van der Waals surface area (Å²) in [6, 6.07) is 0.0449. The largest absolute Gasteiger partial charge is 0.332 e. The fourth-order valence-corrected chi connectivity index (χ4v) is 1.61. The predicted molar refractivity (Wildman–Crippen MR) is 51.3 cm³/mol. The molecule has 14 heavy (non-hydrogen) atoms. The van der Waals surface area contributed by atoms with Crippen LogP contribution in [0.2, 0.25) is 0 Å². The van der Waals surface area contributed by atoms with Gasteiger partial charge in [-0.1, -0.05) is 0 Å². The summed E-state index contributed by atoms with van der Waals surface area (Å²) < 4.78 is 1.31. The summed E-state index contributed by atoms with van der Waals surface area (Å²) in [5.74, 6) is 1.00. The van der Waals surface area contributed by atoms with Gasteiger partial charge in [-0.25, -0.2) is 4.68 Å². The third-order valence-electron chi connectivity index (χ3n) is 2.64. The molecule has 1 atom stereocenters. The summed E-state index contributed by atoms with van der Waals surface area (Å²) in [4.78, 5) is 25.0. The molecule has 1 aromatic heterocycles. The molecule has 1 saturated carbocycles. The number of aryl methyl sites for hydroxylation is 1. The second-order valence-corrected chi connectivity index (χ2v) is 3.87. The van der Waals surface area contributed by atoms with Crippen molar-refractivity contribution in [1.29, 1.82) is 0 Å². The highest BCUT2D eigenvalue weighted by Gasteiger charge is 2.30. The van der Waals surface area contributed by atoms with Crippen molar-refractivity contribution in [1.82, 2.24) is 14.8 Å². The smallest absolute Gasteiger partial charge is 0.305 e. The van der Waals surface area contributed by atoms with E-state index < -0.39 is 11.1 Å². The van der Waals surface area contributed by atoms with Gasteiger partial charge in [-0.3, -0.25) is 9.59 Å². The third kappa shape index (κ3) is 1.49. The Bertz CT molecular complexity index is 456. The Morgan fingerprint density at radius 1 is 1.50 bits per heavy atom. The van der Waals surface area contributed by atoms with Crippen LogP contribution in [0.4, 0.5) is 0 Å². The minimum atomic E-state index is -0.579. The Morgan fingerprint density at radius 3 is 2.71 bits per heavy atom. The molecule has 76 valence electrons. The van der Waals surface area contributed by atoms with Gasteiger partial charge in [0.2, 0.25) is 0 Å². The van der Waals surface area contributed by atoms with E-state index in [0.717, 1.165) is 12.8 Å². The summed E-state index contributed by atoms with van der Waals surface area (Å²) >= 11 is 0. The predicted octanol–water partition coefficient (Wildman–Crippen LogP) is 0.211. The summed E-state index contributed by atoms with van der Waals surface area (Å²) in [6.07, 6.45) is 2.25. The van der Waals surface area contributed by atoms with E-state index in [1.807, 2.05) is 6.92 Å². The Labute approximate surface area is 80.8 Å². The zero-order valence-electron chi connectivity index (χ0n) is 8.28. The molecule has 0 bridgehead atoms. The van der Waals surface area contributed by atoms with Gasteiger partial charge in [-0.15, -0.1) is 0 Å². The first kappa shape index (κ1) is 9.18. The van der Waals surface area contributed by atoms with E-state index in [1.165, 1.54) is 4.68 Å². The highest BCUT2D eigenvalue weighted by atomic mass is 16.2. The van der Waals surface area contributed by atoms with Crippen molar-refractivity contribution >= 4 is 0 Å². The van der Waals surface area contributed by atoms with Gasteiger partial charge < -0.3 is 4.98 Å². The van der Waals surface area contributed by atoms with E-state index in [2.05, 4.69) is 10.1 Å². The maximum Gasteiger partial charge on any atom is 0.332 e. The average Bonchev–Trinajstić information content (AvgIpc) is 2.93. The molecule has 1 aromatic rings. The van der Waals surface area contributed by atoms with Crippen molar-refractivity contribution in [2.45, 2.75) is 32.7 Å². The molecule has 0 amide bonds. The molecule has 1 aliphatic carbocycles. The van der Waals surface area contributed by atoms with Crippen LogP contribution < -0.4 is 11.1 Å². The molecule has 0 saturated heterocycles. The minimum absolute atomic E-state index is 0.0449. The molecular formula is C9H13N3O2. The zero-order chi connectivity index (χ0) is 10.3. The molecule has 0 radical (unpaired) electrons. The van der Waals surface area contributed by atoms with Gasteiger partial charge in [-0.2, -0.15) is 5.10 Å². The topological polar surface area (TPSA) is 67.8 Å². The fourth-order valence-electron chi connectivity index (χ4n) is 1.61. The number of H-pyrrole nitrogens is 1. The Hall–Kier alpha value is -1.39. The van der Waals surface area contributed by atoms with E-state index in [1.54, 1.807) is 6.92 Å². The lowest BCUT2D eigenvalue weighted by Gasteiger charge is -2.11. The van der Waals surface area contributed by atoms with Crippen molar-refractivity contribution in [2.24, 2.45) is 5.92 Å². The molecule has 1 unspecified atom stereocenters. The second kappa shape index (κ2) is 3.08. The molecule has 1 aliphatic rings. The Morgan fingerprint density at radius 2 is 2.14 bits per heavy atom. The van der Waals surface area contributed by atoms with E-state index in [0.29, 0.717) is 11.7 Å². The highest BCUT2D eigenvalue weighted by Crippen LogP contribution is 2.38. The number of rotatable bonds is 2. The Kier molecular flexibility index (Phi) is 2.02. The lowest BCUT2D eigenvalue weighted by atomic mass is 10.2. The molecule has 0 aromatic carbocycles. The average molecular weight is 195 g/mol. The quantitative estimate of drug-likeness (QED) is 0.686. The van der Waals surface area contributed by atoms with Crippen LogP contribution in [0.15, 0.2) is 9.59 Å². The van der Waals surface area contributed by atoms with Gasteiger partial charge in [0, 0.05) is 0 Å². The maximum absolute atomic E-state index is 11.5. The maximum atomic E-state index is 11.5. The van der Waals surface area contributed by atoms with Crippen molar-refractivity contribution < 1.29 is 0 Å². The lowest BCUT2D eigenvalue weighted by Crippen LogP contribution is -2.40. The van der Waals surface area contributed by atoms with Crippen LogP contribution in [-0.4, -0.2) is 14.8 Å². The lowest BCUT2D eigenvalue weighted by molar-refractivity contribution is 0.408. The van der Waals surface area contributed by atoms with Gasteiger partial charge in [0.05, 0.1) is 6.04 Å². The van der Waals surface area contributed by atoms with E-state index in [9.17, 15) is 9.59 Å². The molecular weight excluding hydrogens is 182 g/mol. The first-order valence-electron chi connectivity index (χ1n) is 4.79. The first-order chi connectivity index (χ1) is 6.59. The number of nitrogens with zero attached hydrogens (tertiary/aromatic N) is 2. The van der Waals surface area contributed by atoms with Crippen LogP contribution in [0, 0.1) is 12.8 Å². The van der Waals surface area contributed by atoms with Crippen molar-refractivity contribution in [2.75, 3.05) is 0 Å². The summed E-state index contributed by atoms with van der Waals surface area (Å²) in [5.41, 5.74) is -1.12. The number of aromatic amines is 1. The molecule has 1 N–H and O–H groups in total. The number of nitrogens with one attached hydrogen (secondary N) is 1. The summed E-state index contributed by atoms with van der Waals surface area (Å²) in [5, 5.41) is 4.04. The van der Waals surface area contributed by atoms with Gasteiger partial charge >= 0.3 is 11.1 Å². The van der Waals surface area contributed by atoms with Gasteiger partial charge in [0.15, 0.2) is 0 Å². The van der Waals surface area contributed by atoms with Gasteiger partial charge in [0.25, 0.3) is 0 Å². The molecule has 1 heterocycles. The van der Waals surface area contributed by atoms with Crippen LogP contribution >= 0.6 is 0 Å². The summed E-state index contributed by atoms with van der Waals surface area (Å²) in [7, 11) is 0. The monoisotopic (exact) mass is 195 g/mol.